The Morgan fingerprint density at radius 1 is 1.07 bits per heavy atom. The first kappa shape index (κ1) is 20.8. The van der Waals surface area contributed by atoms with E-state index in [0.29, 0.717) is 6.04 Å². The summed E-state index contributed by atoms with van der Waals surface area (Å²) in [5.41, 5.74) is 7.47. The molecule has 160 valence electrons. The number of thiophene rings is 1. The Bertz CT molecular complexity index is 854. The Kier molecular flexibility index (Phi) is 6.36. The lowest BCUT2D eigenvalue weighted by Gasteiger charge is -2.44. The van der Waals surface area contributed by atoms with E-state index >= 15 is 0 Å². The zero-order valence-electron chi connectivity index (χ0n) is 17.0. The van der Waals surface area contributed by atoms with Crippen LogP contribution in [0.25, 0.3) is 0 Å². The van der Waals surface area contributed by atoms with Crippen molar-refractivity contribution in [1.29, 1.82) is 5.41 Å². The molecule has 0 radical (unpaired) electrons. The maximum atomic E-state index is 11.8. The van der Waals surface area contributed by atoms with Gasteiger partial charge in [0.1, 0.15) is 11.9 Å². The van der Waals surface area contributed by atoms with Gasteiger partial charge in [-0.15, -0.1) is 11.3 Å². The van der Waals surface area contributed by atoms with E-state index < -0.39 is 12.0 Å². The van der Waals surface area contributed by atoms with Crippen LogP contribution in [0.4, 0.5) is 5.69 Å². The minimum absolute atomic E-state index is 0.0990. The SMILES string of the molecule is N=C(N)c1ccc(N2CCN(C3CCN(C(C(=O)O)c4cccs4)CC3)CC2)cc1. The largest absolute Gasteiger partial charge is 0.480 e. The number of amidine groups is 1. The van der Waals surface area contributed by atoms with E-state index in [1.807, 2.05) is 41.8 Å². The number of aliphatic carboxylic acids is 1. The normalized spacial score (nSPS) is 20.2. The highest BCUT2D eigenvalue weighted by atomic mass is 32.1. The number of likely N-dealkylation sites (tertiary alicyclic amines) is 1. The fourth-order valence-corrected chi connectivity index (χ4v) is 5.46. The van der Waals surface area contributed by atoms with E-state index in [1.165, 1.54) is 17.0 Å². The maximum Gasteiger partial charge on any atom is 0.326 e. The fraction of sp³-hybridized carbons (Fsp3) is 0.455. The van der Waals surface area contributed by atoms with Crippen molar-refractivity contribution in [1.82, 2.24) is 9.80 Å². The molecule has 0 saturated carbocycles. The molecule has 1 atom stereocenters. The number of hydrogen-bond acceptors (Lipinski definition) is 6. The highest BCUT2D eigenvalue weighted by Gasteiger charge is 2.34. The van der Waals surface area contributed by atoms with Crippen molar-refractivity contribution >= 4 is 28.8 Å². The highest BCUT2D eigenvalue weighted by molar-refractivity contribution is 7.10. The fourth-order valence-electron chi connectivity index (χ4n) is 4.61. The van der Waals surface area contributed by atoms with Crippen LogP contribution in [0.3, 0.4) is 0 Å². The van der Waals surface area contributed by atoms with Crippen molar-refractivity contribution in [2.75, 3.05) is 44.2 Å². The lowest BCUT2D eigenvalue weighted by atomic mass is 10.00. The third-order valence-corrected chi connectivity index (χ3v) is 7.21. The molecule has 2 aliphatic rings. The van der Waals surface area contributed by atoms with E-state index in [1.54, 1.807) is 0 Å². The zero-order chi connectivity index (χ0) is 21.1. The molecule has 1 unspecified atom stereocenters. The molecule has 2 aromatic rings. The van der Waals surface area contributed by atoms with Crippen LogP contribution in [0.2, 0.25) is 0 Å². The Hall–Kier alpha value is -2.42. The first-order chi connectivity index (χ1) is 14.5. The van der Waals surface area contributed by atoms with E-state index in [4.69, 9.17) is 11.1 Å². The van der Waals surface area contributed by atoms with Crippen molar-refractivity contribution in [2.45, 2.75) is 24.9 Å². The van der Waals surface area contributed by atoms with E-state index in [9.17, 15) is 9.90 Å². The van der Waals surface area contributed by atoms with Gasteiger partial charge in [0.25, 0.3) is 0 Å². The van der Waals surface area contributed by atoms with E-state index in [0.717, 1.165) is 62.6 Å². The van der Waals surface area contributed by atoms with Gasteiger partial charge < -0.3 is 15.7 Å². The molecule has 2 fully saturated rings. The zero-order valence-corrected chi connectivity index (χ0v) is 17.9. The van der Waals surface area contributed by atoms with Crippen LogP contribution in [0.5, 0.6) is 0 Å². The van der Waals surface area contributed by atoms with Gasteiger partial charge in [0, 0.05) is 61.4 Å². The molecular weight excluding hydrogens is 398 g/mol. The molecule has 0 spiro atoms. The monoisotopic (exact) mass is 427 g/mol. The lowest BCUT2D eigenvalue weighted by Crippen LogP contribution is -2.53. The number of benzene rings is 1. The van der Waals surface area contributed by atoms with Crippen molar-refractivity contribution in [3.05, 3.63) is 52.2 Å². The van der Waals surface area contributed by atoms with Gasteiger partial charge in [-0.25, -0.2) is 0 Å². The quantitative estimate of drug-likeness (QED) is 0.484. The van der Waals surface area contributed by atoms with Crippen molar-refractivity contribution < 1.29 is 9.90 Å². The summed E-state index contributed by atoms with van der Waals surface area (Å²) in [7, 11) is 0. The first-order valence-electron chi connectivity index (χ1n) is 10.5. The molecule has 0 amide bonds. The summed E-state index contributed by atoms with van der Waals surface area (Å²) in [5, 5.41) is 19.2. The molecule has 2 saturated heterocycles. The van der Waals surface area contributed by atoms with Crippen LogP contribution in [-0.2, 0) is 4.79 Å². The number of carboxylic acid groups (broad SMARTS) is 1. The molecule has 8 heteroatoms. The molecule has 0 bridgehead atoms. The van der Waals surface area contributed by atoms with Crippen molar-refractivity contribution in [3.63, 3.8) is 0 Å². The summed E-state index contributed by atoms with van der Waals surface area (Å²) in [5.74, 6) is -0.651. The standard InChI is InChI=1S/C22H29N5O2S/c23-21(24)16-3-5-17(6-4-16)25-11-13-26(14-12-25)18-7-9-27(10-8-18)20(22(28)29)19-2-1-15-30-19/h1-6,15,18,20H,7-14H2,(H3,23,24)(H,28,29). The lowest BCUT2D eigenvalue weighted by molar-refractivity contribution is -0.144. The molecule has 3 heterocycles. The second kappa shape index (κ2) is 9.16. The van der Waals surface area contributed by atoms with Gasteiger partial charge in [0.2, 0.25) is 0 Å². The van der Waals surface area contributed by atoms with Gasteiger partial charge in [0.05, 0.1) is 0 Å². The molecule has 30 heavy (non-hydrogen) atoms. The van der Waals surface area contributed by atoms with Crippen LogP contribution in [0, 0.1) is 5.41 Å². The third kappa shape index (κ3) is 4.50. The summed E-state index contributed by atoms with van der Waals surface area (Å²) in [6, 6.07) is 11.8. The minimum Gasteiger partial charge on any atom is -0.480 e. The van der Waals surface area contributed by atoms with Gasteiger partial charge in [-0.05, 0) is 48.6 Å². The number of nitrogens with zero attached hydrogens (tertiary/aromatic N) is 3. The Morgan fingerprint density at radius 2 is 1.73 bits per heavy atom. The number of piperazine rings is 1. The summed E-state index contributed by atoms with van der Waals surface area (Å²) in [6.07, 6.45) is 2.03. The average molecular weight is 428 g/mol. The predicted molar refractivity (Wildman–Crippen MR) is 121 cm³/mol. The Balaban J connectivity index is 1.29. The number of piperidine rings is 1. The molecule has 1 aromatic carbocycles. The maximum absolute atomic E-state index is 11.8. The van der Waals surface area contributed by atoms with Gasteiger partial charge in [-0.1, -0.05) is 6.07 Å². The number of anilines is 1. The summed E-state index contributed by atoms with van der Waals surface area (Å²) in [6.45, 7) is 5.65. The third-order valence-electron chi connectivity index (χ3n) is 6.28. The number of carboxylic acids is 1. The molecule has 0 aliphatic carbocycles. The van der Waals surface area contributed by atoms with Crippen LogP contribution >= 0.6 is 11.3 Å². The number of hydrogen-bond donors (Lipinski definition) is 3. The molecule has 2 aliphatic heterocycles. The molecule has 1 aromatic heterocycles. The predicted octanol–water partition coefficient (Wildman–Crippen LogP) is 2.44. The molecular formula is C22H29N5O2S. The number of nitrogens with one attached hydrogen (secondary N) is 1. The summed E-state index contributed by atoms with van der Waals surface area (Å²) >= 11 is 1.53. The van der Waals surface area contributed by atoms with Crippen LogP contribution < -0.4 is 10.6 Å². The van der Waals surface area contributed by atoms with Crippen LogP contribution in [-0.4, -0.2) is 72.0 Å². The minimum atomic E-state index is -0.750. The highest BCUT2D eigenvalue weighted by Crippen LogP contribution is 2.30. The Morgan fingerprint density at radius 3 is 2.27 bits per heavy atom. The topological polar surface area (TPSA) is 96.9 Å². The van der Waals surface area contributed by atoms with Gasteiger partial charge in [0.15, 0.2) is 0 Å². The van der Waals surface area contributed by atoms with E-state index in [-0.39, 0.29) is 5.84 Å². The summed E-state index contributed by atoms with van der Waals surface area (Å²) in [4.78, 5) is 19.8. The molecule has 4 rings (SSSR count). The number of carbonyl (C=O) groups is 1. The van der Waals surface area contributed by atoms with Crippen molar-refractivity contribution in [2.24, 2.45) is 5.73 Å². The van der Waals surface area contributed by atoms with Crippen molar-refractivity contribution in [3.8, 4) is 0 Å². The molecule has 7 nitrogen and oxygen atoms in total. The van der Waals surface area contributed by atoms with Gasteiger partial charge in [-0.2, -0.15) is 0 Å². The van der Waals surface area contributed by atoms with Crippen LogP contribution in [0.15, 0.2) is 41.8 Å². The summed E-state index contributed by atoms with van der Waals surface area (Å²) < 4.78 is 0. The van der Waals surface area contributed by atoms with Gasteiger partial charge in [-0.3, -0.25) is 20.0 Å². The number of nitrogens with two attached hydrogens (primary N) is 1. The van der Waals surface area contributed by atoms with Gasteiger partial charge >= 0.3 is 5.97 Å². The molecule has 4 N–H and O–H groups in total. The second-order valence-electron chi connectivity index (χ2n) is 8.01. The second-order valence-corrected chi connectivity index (χ2v) is 8.99. The number of nitrogen functional groups attached to an aromatic ring is 1. The van der Waals surface area contributed by atoms with Crippen LogP contribution in [0.1, 0.15) is 29.3 Å². The first-order valence-corrected chi connectivity index (χ1v) is 11.3. The smallest absolute Gasteiger partial charge is 0.326 e. The van der Waals surface area contributed by atoms with E-state index in [2.05, 4.69) is 14.7 Å². The Labute approximate surface area is 181 Å². The average Bonchev–Trinajstić information content (AvgIpc) is 3.28. The number of rotatable bonds is 6.